The van der Waals surface area contributed by atoms with Gasteiger partial charge in [-0.1, -0.05) is 0 Å². The summed E-state index contributed by atoms with van der Waals surface area (Å²) in [5, 5.41) is 30.5. The summed E-state index contributed by atoms with van der Waals surface area (Å²) in [6, 6.07) is 0. The fourth-order valence-corrected chi connectivity index (χ4v) is 1.04. The lowest BCUT2D eigenvalue weighted by molar-refractivity contribution is -0.103. The van der Waals surface area contributed by atoms with E-state index < -0.39 is 31.3 Å². The van der Waals surface area contributed by atoms with Gasteiger partial charge in [0.25, 0.3) is 5.91 Å². The van der Waals surface area contributed by atoms with Crippen LogP contribution < -0.4 is 5.73 Å². The van der Waals surface area contributed by atoms with Crippen LogP contribution >= 0.6 is 0 Å². The van der Waals surface area contributed by atoms with Crippen molar-refractivity contribution in [2.45, 2.75) is 18.9 Å². The van der Waals surface area contributed by atoms with Crippen LogP contribution in [0.5, 0.6) is 0 Å². The number of aliphatic hydroxyl groups is 3. The first kappa shape index (κ1) is 13.5. The molecule has 1 heterocycles. The van der Waals surface area contributed by atoms with Crippen LogP contribution in [-0.2, 0) is 11.5 Å². The number of hydrogen-bond acceptors (Lipinski definition) is 7. The van der Waals surface area contributed by atoms with Gasteiger partial charge in [-0.05, 0) is 0 Å². The first-order valence-corrected chi connectivity index (χ1v) is 4.79. The fraction of sp³-hybridized carbons (Fsp3) is 0.625. The van der Waals surface area contributed by atoms with Crippen molar-refractivity contribution in [3.63, 3.8) is 0 Å². The minimum Gasteiger partial charge on any atom is -0.394 e. The summed E-state index contributed by atoms with van der Waals surface area (Å²) in [5.41, 5.74) is 4.95. The molecule has 0 aliphatic carbocycles. The van der Waals surface area contributed by atoms with E-state index in [4.69, 9.17) is 20.7 Å². The second kappa shape index (κ2) is 6.25. The minimum absolute atomic E-state index is 0.136. The fourth-order valence-electron chi connectivity index (χ4n) is 1.04. The van der Waals surface area contributed by atoms with Crippen LogP contribution in [0.25, 0.3) is 0 Å². The van der Waals surface area contributed by atoms with E-state index in [1.165, 1.54) is 11.0 Å². The molecule has 0 saturated heterocycles. The molecule has 2 atom stereocenters. The third kappa shape index (κ3) is 3.75. The number of primary amides is 1. The quantitative estimate of drug-likeness (QED) is 0.403. The number of amides is 1. The Morgan fingerprint density at radius 1 is 1.53 bits per heavy atom. The van der Waals surface area contributed by atoms with E-state index in [0.717, 1.165) is 0 Å². The van der Waals surface area contributed by atoms with E-state index in [1.54, 1.807) is 0 Å². The Hall–Kier alpha value is -1.55. The van der Waals surface area contributed by atoms with Crippen LogP contribution in [0.1, 0.15) is 10.6 Å². The van der Waals surface area contributed by atoms with Crippen molar-refractivity contribution in [2.75, 3.05) is 13.2 Å². The van der Waals surface area contributed by atoms with Crippen LogP contribution in [0.4, 0.5) is 0 Å². The number of rotatable bonds is 7. The summed E-state index contributed by atoms with van der Waals surface area (Å²) in [5.74, 6) is -0.922. The molecule has 1 amide bonds. The number of nitrogens with zero attached hydrogens (tertiary/aromatic N) is 3. The number of hydrogen-bond donors (Lipinski definition) is 4. The lowest BCUT2D eigenvalue weighted by atomic mass is 10.2. The second-order valence-electron chi connectivity index (χ2n) is 3.24. The molecule has 0 aromatic carbocycles. The number of carbonyl (C=O) groups is 1. The van der Waals surface area contributed by atoms with Crippen molar-refractivity contribution in [3.05, 3.63) is 12.2 Å². The molecule has 5 N–H and O–H groups in total. The van der Waals surface area contributed by atoms with Gasteiger partial charge in [0.1, 0.15) is 25.3 Å². The van der Waals surface area contributed by atoms with Gasteiger partial charge in [-0.3, -0.25) is 4.79 Å². The molecule has 17 heavy (non-hydrogen) atoms. The smallest absolute Gasteiger partial charge is 0.288 e. The highest BCUT2D eigenvalue weighted by atomic mass is 16.5. The third-order valence-electron chi connectivity index (χ3n) is 1.97. The first-order valence-electron chi connectivity index (χ1n) is 4.79. The van der Waals surface area contributed by atoms with Crippen molar-refractivity contribution in [1.29, 1.82) is 0 Å². The van der Waals surface area contributed by atoms with Crippen LogP contribution in [0, 0.1) is 0 Å². The molecule has 0 radical (unpaired) electrons. The summed E-state index contributed by atoms with van der Waals surface area (Å²) in [7, 11) is 0. The third-order valence-corrected chi connectivity index (χ3v) is 1.97. The molecule has 0 aliphatic rings. The van der Waals surface area contributed by atoms with Gasteiger partial charge in [-0.15, -0.1) is 5.10 Å². The Kier molecular flexibility index (Phi) is 4.97. The Labute approximate surface area is 96.4 Å². The van der Waals surface area contributed by atoms with Crippen LogP contribution in [-0.4, -0.2) is 61.4 Å². The predicted octanol–water partition coefficient (Wildman–Crippen LogP) is -2.93. The molecule has 96 valence electrons. The Morgan fingerprint density at radius 2 is 2.24 bits per heavy atom. The lowest BCUT2D eigenvalue weighted by Crippen LogP contribution is -2.35. The molecular formula is C8H14N4O5. The average molecular weight is 246 g/mol. The topological polar surface area (TPSA) is 144 Å². The lowest BCUT2D eigenvalue weighted by Gasteiger charge is -2.19. The maximum absolute atomic E-state index is 10.7. The molecule has 0 aliphatic heterocycles. The molecule has 1 aromatic rings. The summed E-state index contributed by atoms with van der Waals surface area (Å²) in [4.78, 5) is 14.3. The van der Waals surface area contributed by atoms with Crippen LogP contribution in [0.15, 0.2) is 6.33 Å². The largest absolute Gasteiger partial charge is 0.394 e. The SMILES string of the molecule is NC(=O)c1ncn(COC(CO)C(O)CO)n1. The van der Waals surface area contributed by atoms with Gasteiger partial charge < -0.3 is 25.8 Å². The second-order valence-corrected chi connectivity index (χ2v) is 3.24. The summed E-state index contributed by atoms with van der Waals surface area (Å²) < 4.78 is 6.24. The van der Waals surface area contributed by atoms with Gasteiger partial charge in [0.15, 0.2) is 0 Å². The Bertz CT molecular complexity index is 369. The highest BCUT2D eigenvalue weighted by molar-refractivity contribution is 5.88. The van der Waals surface area contributed by atoms with E-state index in [0.29, 0.717) is 0 Å². The van der Waals surface area contributed by atoms with Crippen LogP contribution in [0.3, 0.4) is 0 Å². The standard InChI is InChI=1S/C8H14N4O5/c9-7(16)8-10-3-12(11-8)4-17-6(2-14)5(15)1-13/h3,5-6,13-15H,1-2,4H2,(H2,9,16). The predicted molar refractivity (Wildman–Crippen MR) is 53.6 cm³/mol. The van der Waals surface area contributed by atoms with E-state index >= 15 is 0 Å². The molecule has 0 saturated carbocycles. The minimum atomic E-state index is -1.20. The van der Waals surface area contributed by atoms with E-state index in [9.17, 15) is 9.90 Å². The van der Waals surface area contributed by atoms with Crippen molar-refractivity contribution >= 4 is 5.91 Å². The molecular weight excluding hydrogens is 232 g/mol. The summed E-state index contributed by atoms with van der Waals surface area (Å²) >= 11 is 0. The Balaban J connectivity index is 2.50. The summed E-state index contributed by atoms with van der Waals surface area (Å²) in [6.07, 6.45) is -0.916. The van der Waals surface area contributed by atoms with Gasteiger partial charge in [0.2, 0.25) is 5.82 Å². The molecule has 9 heteroatoms. The Morgan fingerprint density at radius 3 is 2.71 bits per heavy atom. The zero-order valence-electron chi connectivity index (χ0n) is 8.93. The average Bonchev–Trinajstić information content (AvgIpc) is 2.78. The molecule has 0 bridgehead atoms. The molecule has 2 unspecified atom stereocenters. The van der Waals surface area contributed by atoms with Gasteiger partial charge >= 0.3 is 0 Å². The number of carbonyl (C=O) groups excluding carboxylic acids is 1. The number of nitrogens with two attached hydrogens (primary N) is 1. The highest BCUT2D eigenvalue weighted by Gasteiger charge is 2.18. The van der Waals surface area contributed by atoms with Gasteiger partial charge in [-0.2, -0.15) is 0 Å². The molecule has 1 aromatic heterocycles. The highest BCUT2D eigenvalue weighted by Crippen LogP contribution is 2.00. The maximum atomic E-state index is 10.7. The maximum Gasteiger partial charge on any atom is 0.288 e. The molecule has 1 rings (SSSR count). The molecule has 0 spiro atoms. The zero-order chi connectivity index (χ0) is 12.8. The van der Waals surface area contributed by atoms with E-state index in [-0.39, 0.29) is 12.6 Å². The first-order chi connectivity index (χ1) is 8.08. The van der Waals surface area contributed by atoms with Crippen molar-refractivity contribution in [3.8, 4) is 0 Å². The number of aliphatic hydroxyl groups excluding tert-OH is 3. The molecule has 0 fully saturated rings. The van der Waals surface area contributed by atoms with E-state index in [2.05, 4.69) is 10.1 Å². The van der Waals surface area contributed by atoms with Crippen LogP contribution in [0.2, 0.25) is 0 Å². The molecule has 9 nitrogen and oxygen atoms in total. The summed E-state index contributed by atoms with van der Waals surface area (Å²) in [6.45, 7) is -1.13. The van der Waals surface area contributed by atoms with Crippen molar-refractivity contribution in [1.82, 2.24) is 14.8 Å². The van der Waals surface area contributed by atoms with Gasteiger partial charge in [-0.25, -0.2) is 9.67 Å². The zero-order valence-corrected chi connectivity index (χ0v) is 8.93. The van der Waals surface area contributed by atoms with Gasteiger partial charge in [0.05, 0.1) is 13.2 Å². The van der Waals surface area contributed by atoms with E-state index in [1.807, 2.05) is 0 Å². The normalized spacial score (nSPS) is 14.5. The number of aromatic nitrogens is 3. The monoisotopic (exact) mass is 246 g/mol. The van der Waals surface area contributed by atoms with Crippen molar-refractivity contribution in [2.24, 2.45) is 5.73 Å². The van der Waals surface area contributed by atoms with Crippen molar-refractivity contribution < 1.29 is 24.9 Å². The number of ether oxygens (including phenoxy) is 1. The van der Waals surface area contributed by atoms with Gasteiger partial charge in [0, 0.05) is 0 Å².